The Morgan fingerprint density at radius 1 is 0.926 bits per heavy atom. The van der Waals surface area contributed by atoms with Gasteiger partial charge in [-0.05, 0) is 90.7 Å². The normalized spacial score (nSPS) is 13.2. The van der Waals surface area contributed by atoms with Crippen LogP contribution in [0, 0.1) is 6.92 Å². The number of hydrogen-bond acceptors (Lipinski definition) is 8. The summed E-state index contributed by atoms with van der Waals surface area (Å²) in [5.41, 5.74) is 3.61. The molecule has 12 nitrogen and oxygen atoms in total. The van der Waals surface area contributed by atoms with Crippen LogP contribution >= 0.6 is 0 Å². The third-order valence-electron chi connectivity index (χ3n) is 9.53. The summed E-state index contributed by atoms with van der Waals surface area (Å²) in [6, 6.07) is 27.9. The lowest BCUT2D eigenvalue weighted by Gasteiger charge is -2.29. The summed E-state index contributed by atoms with van der Waals surface area (Å²) >= 11 is 0. The van der Waals surface area contributed by atoms with E-state index >= 15 is 0 Å². The molecule has 3 N–H and O–H groups in total. The number of aromatic nitrogens is 1. The number of nitrogens with zero attached hydrogens (tertiary/aromatic N) is 2. The highest BCUT2D eigenvalue weighted by molar-refractivity contribution is 7.92. The Bertz CT molecular complexity index is 2340. The van der Waals surface area contributed by atoms with Crippen LogP contribution in [0.1, 0.15) is 48.1 Å². The number of amides is 3. The van der Waals surface area contributed by atoms with E-state index in [1.807, 2.05) is 68.4 Å². The minimum atomic E-state index is -3.67. The summed E-state index contributed by atoms with van der Waals surface area (Å²) in [5, 5.41) is 6.63. The highest BCUT2D eigenvalue weighted by Gasteiger charge is 2.38. The molecule has 13 heteroatoms. The van der Waals surface area contributed by atoms with E-state index in [0.717, 1.165) is 22.1 Å². The molecule has 0 unspecified atom stereocenters. The number of anilines is 2. The molecule has 0 aliphatic heterocycles. The first-order chi connectivity index (χ1) is 25.9. The maximum absolute atomic E-state index is 13.6. The van der Waals surface area contributed by atoms with Gasteiger partial charge in [0.25, 0.3) is 5.56 Å². The molecule has 54 heavy (non-hydrogen) atoms. The summed E-state index contributed by atoms with van der Waals surface area (Å²) in [6.45, 7) is 3.29. The van der Waals surface area contributed by atoms with Crippen LogP contribution in [0.15, 0.2) is 113 Å². The van der Waals surface area contributed by atoms with Gasteiger partial charge in [0.15, 0.2) is 9.84 Å². The SMILES string of the molecule is Cc1ccccc1[C@@H](C)N(CC(=O)Nc1ccc(S(=O)(=O)C2CC2)c(CN(C)C(=O)CNc2ccc3cc[nH]c(=O)c3c2)c1)C(=O)OCc1ccccc1. The molecule has 3 amide bonds. The molecule has 1 aromatic heterocycles. The maximum Gasteiger partial charge on any atom is 0.411 e. The summed E-state index contributed by atoms with van der Waals surface area (Å²) < 4.78 is 32.6. The van der Waals surface area contributed by atoms with Gasteiger partial charge in [-0.1, -0.05) is 60.7 Å². The monoisotopic (exact) mass is 749 g/mol. The molecule has 1 saturated carbocycles. The number of rotatable bonds is 14. The summed E-state index contributed by atoms with van der Waals surface area (Å²) in [6.07, 6.45) is 2.02. The second kappa shape index (κ2) is 16.4. The van der Waals surface area contributed by atoms with E-state index in [4.69, 9.17) is 4.74 Å². The molecule has 1 aliphatic carbocycles. The number of ether oxygens (including phenoxy) is 1. The third kappa shape index (κ3) is 8.97. The average Bonchev–Trinajstić information content (AvgIpc) is 4.03. The van der Waals surface area contributed by atoms with E-state index in [0.29, 0.717) is 35.2 Å². The lowest BCUT2D eigenvalue weighted by atomic mass is 10.0. The largest absolute Gasteiger partial charge is 0.445 e. The number of benzene rings is 4. The lowest BCUT2D eigenvalue weighted by Crippen LogP contribution is -2.40. The number of aryl methyl sites for hydroxylation is 1. The number of likely N-dealkylation sites (N-methyl/N-ethyl adjacent to an activating group) is 1. The van der Waals surface area contributed by atoms with Crippen molar-refractivity contribution >= 4 is 49.9 Å². The Morgan fingerprint density at radius 2 is 1.65 bits per heavy atom. The number of carbonyl (C=O) groups is 3. The molecule has 4 aromatic carbocycles. The van der Waals surface area contributed by atoms with Crippen molar-refractivity contribution in [2.24, 2.45) is 0 Å². The minimum Gasteiger partial charge on any atom is -0.445 e. The van der Waals surface area contributed by atoms with Crippen LogP contribution in [0.5, 0.6) is 0 Å². The summed E-state index contributed by atoms with van der Waals surface area (Å²) in [7, 11) is -2.10. The number of hydrogen-bond donors (Lipinski definition) is 3. The Balaban J connectivity index is 1.18. The number of H-pyrrole nitrogens is 1. The fourth-order valence-corrected chi connectivity index (χ4v) is 8.17. The van der Waals surface area contributed by atoms with Crippen LogP contribution in [-0.4, -0.2) is 66.5 Å². The van der Waals surface area contributed by atoms with Crippen LogP contribution in [0.25, 0.3) is 10.8 Å². The Morgan fingerprint density at radius 3 is 2.39 bits per heavy atom. The van der Waals surface area contributed by atoms with E-state index in [-0.39, 0.29) is 42.6 Å². The van der Waals surface area contributed by atoms with Gasteiger partial charge in [0.1, 0.15) is 13.2 Å². The predicted octanol–water partition coefficient (Wildman–Crippen LogP) is 6.18. The molecule has 6 rings (SSSR count). The van der Waals surface area contributed by atoms with Gasteiger partial charge in [0.2, 0.25) is 11.8 Å². The molecular formula is C41H43N5O7S. The molecule has 0 bridgehead atoms. The van der Waals surface area contributed by atoms with Gasteiger partial charge >= 0.3 is 6.09 Å². The highest BCUT2D eigenvalue weighted by atomic mass is 32.2. The van der Waals surface area contributed by atoms with Crippen molar-refractivity contribution in [3.8, 4) is 0 Å². The number of fused-ring (bicyclic) bond motifs is 1. The van der Waals surface area contributed by atoms with Crippen molar-refractivity contribution in [3.05, 3.63) is 136 Å². The Hall–Kier alpha value is -5.95. The van der Waals surface area contributed by atoms with Crippen molar-refractivity contribution < 1.29 is 27.5 Å². The first-order valence-electron chi connectivity index (χ1n) is 17.7. The molecule has 0 saturated heterocycles. The van der Waals surface area contributed by atoms with Crippen LogP contribution in [0.4, 0.5) is 16.2 Å². The van der Waals surface area contributed by atoms with E-state index in [1.54, 1.807) is 43.6 Å². The fraction of sp³-hybridized carbons (Fsp3) is 0.268. The van der Waals surface area contributed by atoms with Gasteiger partial charge in [-0.2, -0.15) is 0 Å². The summed E-state index contributed by atoms with van der Waals surface area (Å²) in [4.78, 5) is 58.2. The van der Waals surface area contributed by atoms with Crippen molar-refractivity contribution in [2.45, 2.75) is 56.0 Å². The zero-order valence-corrected chi connectivity index (χ0v) is 31.2. The van der Waals surface area contributed by atoms with Gasteiger partial charge in [-0.3, -0.25) is 19.3 Å². The minimum absolute atomic E-state index is 0.0302. The van der Waals surface area contributed by atoms with Gasteiger partial charge < -0.3 is 25.3 Å². The molecule has 1 atom stereocenters. The first kappa shape index (κ1) is 37.8. The van der Waals surface area contributed by atoms with Gasteiger partial charge in [0, 0.05) is 36.6 Å². The van der Waals surface area contributed by atoms with Crippen molar-refractivity contribution in [2.75, 3.05) is 30.8 Å². The smallest absolute Gasteiger partial charge is 0.411 e. The molecule has 5 aromatic rings. The second-order valence-corrected chi connectivity index (χ2v) is 15.7. The van der Waals surface area contributed by atoms with Gasteiger partial charge in [-0.25, -0.2) is 13.2 Å². The average molecular weight is 750 g/mol. The van der Waals surface area contributed by atoms with Gasteiger partial charge in [-0.15, -0.1) is 0 Å². The number of carbonyl (C=O) groups excluding carboxylic acids is 3. The molecule has 0 radical (unpaired) electrons. The molecular weight excluding hydrogens is 707 g/mol. The standard InChI is InChI=1S/C41H43N5O7S/c1-27-9-7-8-12-35(27)28(2)46(41(50)53-26-29-10-5-4-6-11-29)25-38(47)44-33-15-18-37(54(51,52)34-16-17-34)31(21-33)24-45(3)39(48)23-43-32-14-13-30-19-20-42-40(49)36(30)22-32/h4-15,18-22,28,34,43H,16-17,23-26H2,1-3H3,(H,42,49)(H,44,47)/t28-/m1/s1. The Labute approximate surface area is 314 Å². The topological polar surface area (TPSA) is 158 Å². The third-order valence-corrected chi connectivity index (χ3v) is 11.9. The molecule has 1 fully saturated rings. The van der Waals surface area contributed by atoms with Crippen molar-refractivity contribution in [3.63, 3.8) is 0 Å². The van der Waals surface area contributed by atoms with E-state index < -0.39 is 33.1 Å². The Kier molecular flexibility index (Phi) is 11.5. The number of sulfone groups is 1. The van der Waals surface area contributed by atoms with Crippen LogP contribution < -0.4 is 16.2 Å². The first-order valence-corrected chi connectivity index (χ1v) is 19.2. The van der Waals surface area contributed by atoms with E-state index in [9.17, 15) is 27.6 Å². The maximum atomic E-state index is 13.6. The quantitative estimate of drug-likeness (QED) is 0.122. The zero-order chi connectivity index (χ0) is 38.4. The zero-order valence-electron chi connectivity index (χ0n) is 30.4. The lowest BCUT2D eigenvalue weighted by molar-refractivity contribution is -0.128. The van der Waals surface area contributed by atoms with E-state index in [1.165, 1.54) is 21.9 Å². The number of pyridine rings is 1. The second-order valence-electron chi connectivity index (χ2n) is 13.5. The highest BCUT2D eigenvalue weighted by Crippen LogP contribution is 2.36. The van der Waals surface area contributed by atoms with Crippen molar-refractivity contribution in [1.29, 1.82) is 0 Å². The fourth-order valence-electron chi connectivity index (χ4n) is 6.31. The molecule has 1 heterocycles. The molecule has 280 valence electrons. The molecule has 0 spiro atoms. The number of nitrogens with one attached hydrogen (secondary N) is 3. The predicted molar refractivity (Wildman–Crippen MR) is 208 cm³/mol. The van der Waals surface area contributed by atoms with Crippen LogP contribution in [-0.2, 0) is 37.3 Å². The van der Waals surface area contributed by atoms with Gasteiger partial charge in [0.05, 0.1) is 22.7 Å². The van der Waals surface area contributed by atoms with Crippen molar-refractivity contribution in [1.82, 2.24) is 14.8 Å². The summed E-state index contributed by atoms with van der Waals surface area (Å²) in [5.74, 6) is -0.838. The van der Waals surface area contributed by atoms with Crippen LogP contribution in [0.3, 0.4) is 0 Å². The molecule has 1 aliphatic rings. The van der Waals surface area contributed by atoms with Crippen LogP contribution in [0.2, 0.25) is 0 Å². The number of aromatic amines is 1. The van der Waals surface area contributed by atoms with E-state index in [2.05, 4.69) is 15.6 Å².